The number of alkyl halides is 6. The number of tetrazole rings is 1. The molecule has 2 heterocycles. The maximum absolute atomic E-state index is 14.1. The molecular formula is C23H20F6N6O4S. The highest BCUT2D eigenvalue weighted by Crippen LogP contribution is 2.55. The molecule has 0 saturated heterocycles. The molecular weight excluding hydrogens is 570 g/mol. The summed E-state index contributed by atoms with van der Waals surface area (Å²) in [6, 6.07) is 5.50. The summed E-state index contributed by atoms with van der Waals surface area (Å²) >= 11 is 0. The molecule has 10 nitrogen and oxygen atoms in total. The zero-order chi connectivity index (χ0) is 29.8. The lowest BCUT2D eigenvalue weighted by molar-refractivity contribution is -0.291. The number of benzene rings is 2. The van der Waals surface area contributed by atoms with E-state index in [1.54, 1.807) is 0 Å². The van der Waals surface area contributed by atoms with Gasteiger partial charge in [0.05, 0.1) is 11.9 Å². The first kappa shape index (κ1) is 29.0. The van der Waals surface area contributed by atoms with Gasteiger partial charge in [0.25, 0.3) is 5.91 Å². The molecule has 0 fully saturated rings. The van der Waals surface area contributed by atoms with Gasteiger partial charge in [-0.05, 0) is 46.2 Å². The second-order valence-corrected chi connectivity index (χ2v) is 11.1. The molecule has 214 valence electrons. The fraction of sp³-hybridized carbons (Fsp3) is 0.348. The van der Waals surface area contributed by atoms with E-state index in [2.05, 4.69) is 20.7 Å². The fourth-order valence-electron chi connectivity index (χ4n) is 4.55. The zero-order valence-corrected chi connectivity index (χ0v) is 21.7. The van der Waals surface area contributed by atoms with Gasteiger partial charge >= 0.3 is 12.4 Å². The van der Waals surface area contributed by atoms with Crippen LogP contribution in [-0.2, 0) is 38.4 Å². The van der Waals surface area contributed by atoms with Crippen molar-refractivity contribution in [2.24, 2.45) is 7.05 Å². The number of aromatic nitrogens is 4. The minimum absolute atomic E-state index is 0.0261. The minimum Gasteiger partial charge on any atom is -0.324 e. The number of hydrogen-bond acceptors (Lipinski definition) is 7. The fourth-order valence-corrected chi connectivity index (χ4v) is 5.23. The third kappa shape index (κ3) is 4.77. The molecule has 4 rings (SSSR count). The van der Waals surface area contributed by atoms with Gasteiger partial charge in [-0.2, -0.15) is 31.1 Å². The number of carbonyl (C=O) groups excluding carboxylic acids is 2. The second kappa shape index (κ2) is 9.57. The third-order valence-electron chi connectivity index (χ3n) is 6.42. The van der Waals surface area contributed by atoms with Crippen LogP contribution >= 0.6 is 0 Å². The molecule has 17 heteroatoms. The van der Waals surface area contributed by atoms with E-state index in [0.29, 0.717) is 28.1 Å². The first-order valence-corrected chi connectivity index (χ1v) is 13.2. The molecule has 0 bridgehead atoms. The van der Waals surface area contributed by atoms with Gasteiger partial charge in [-0.15, -0.1) is 10.2 Å². The Morgan fingerprint density at radius 2 is 1.60 bits per heavy atom. The predicted octanol–water partition coefficient (Wildman–Crippen LogP) is 3.07. The molecule has 40 heavy (non-hydrogen) atoms. The van der Waals surface area contributed by atoms with Crippen molar-refractivity contribution >= 4 is 27.3 Å². The largest absolute Gasteiger partial charge is 0.414 e. The lowest BCUT2D eigenvalue weighted by atomic mass is 9.78. The van der Waals surface area contributed by atoms with E-state index in [0.717, 1.165) is 30.3 Å². The van der Waals surface area contributed by atoms with Crippen LogP contribution in [0.4, 0.5) is 32.0 Å². The van der Waals surface area contributed by atoms with Crippen molar-refractivity contribution < 1.29 is 44.3 Å². The summed E-state index contributed by atoms with van der Waals surface area (Å²) < 4.78 is 109. The number of rotatable bonds is 5. The van der Waals surface area contributed by atoms with Crippen LogP contribution in [0.25, 0.3) is 0 Å². The summed E-state index contributed by atoms with van der Waals surface area (Å²) in [5.74, 6) is -2.97. The molecule has 1 unspecified atom stereocenters. The number of fused-ring (bicyclic) bond motifs is 1. The molecule has 1 aromatic heterocycles. The Balaban J connectivity index is 1.70. The maximum Gasteiger partial charge on any atom is 0.414 e. The van der Waals surface area contributed by atoms with E-state index in [9.17, 15) is 44.3 Å². The van der Waals surface area contributed by atoms with Crippen molar-refractivity contribution in [2.75, 3.05) is 11.6 Å². The van der Waals surface area contributed by atoms with E-state index in [1.807, 2.05) is 0 Å². The summed E-state index contributed by atoms with van der Waals surface area (Å²) in [5.41, 5.74) is -5.32. The van der Waals surface area contributed by atoms with Crippen molar-refractivity contribution in [3.8, 4) is 0 Å². The van der Waals surface area contributed by atoms with Gasteiger partial charge < -0.3 is 10.2 Å². The molecule has 1 N–H and O–H groups in total. The van der Waals surface area contributed by atoms with Gasteiger partial charge in [-0.3, -0.25) is 9.59 Å². The van der Waals surface area contributed by atoms with Crippen LogP contribution in [0.1, 0.15) is 35.5 Å². The van der Waals surface area contributed by atoms with E-state index in [4.69, 9.17) is 0 Å². The number of nitrogens with one attached hydrogen (secondary N) is 1. The number of carbonyl (C=O) groups is 2. The van der Waals surface area contributed by atoms with Gasteiger partial charge in [0.1, 0.15) is 6.04 Å². The monoisotopic (exact) mass is 590 g/mol. The van der Waals surface area contributed by atoms with Crippen molar-refractivity contribution in [1.82, 2.24) is 25.1 Å². The summed E-state index contributed by atoms with van der Waals surface area (Å²) in [4.78, 5) is 27.0. The van der Waals surface area contributed by atoms with E-state index >= 15 is 0 Å². The Morgan fingerprint density at radius 3 is 2.08 bits per heavy atom. The highest BCUT2D eigenvalue weighted by atomic mass is 32.2. The minimum atomic E-state index is -5.92. The lowest BCUT2D eigenvalue weighted by Crippen LogP contribution is -2.55. The Bertz CT molecular complexity index is 1570. The van der Waals surface area contributed by atoms with Crippen LogP contribution in [0, 0.1) is 0 Å². The average Bonchev–Trinajstić information content (AvgIpc) is 3.41. The van der Waals surface area contributed by atoms with Gasteiger partial charge in [0.2, 0.25) is 17.1 Å². The van der Waals surface area contributed by atoms with Crippen molar-refractivity contribution in [1.29, 1.82) is 0 Å². The topological polar surface area (TPSA) is 127 Å². The molecule has 0 aliphatic carbocycles. The van der Waals surface area contributed by atoms with Gasteiger partial charge in [0.15, 0.2) is 9.84 Å². The van der Waals surface area contributed by atoms with Crippen LogP contribution in [-0.4, -0.2) is 63.9 Å². The number of anilines is 1. The average molecular weight is 591 g/mol. The van der Waals surface area contributed by atoms with Gasteiger partial charge in [-0.1, -0.05) is 18.2 Å². The Hall–Kier alpha value is -4.02. The first-order valence-electron chi connectivity index (χ1n) is 11.3. The summed E-state index contributed by atoms with van der Waals surface area (Å²) in [6.07, 6.45) is -10.8. The van der Waals surface area contributed by atoms with Crippen molar-refractivity contribution in [3.63, 3.8) is 0 Å². The summed E-state index contributed by atoms with van der Waals surface area (Å²) in [7, 11) is -2.57. The second-order valence-electron chi connectivity index (χ2n) is 9.10. The number of sulfone groups is 1. The molecule has 0 spiro atoms. The zero-order valence-electron chi connectivity index (χ0n) is 20.9. The van der Waals surface area contributed by atoms with Crippen molar-refractivity contribution in [3.05, 3.63) is 65.0 Å². The number of amides is 2. The van der Waals surface area contributed by atoms with Crippen LogP contribution in [0.2, 0.25) is 0 Å². The Morgan fingerprint density at radius 1 is 1.00 bits per heavy atom. The van der Waals surface area contributed by atoms with Crippen LogP contribution in [0.3, 0.4) is 0 Å². The van der Waals surface area contributed by atoms with Crippen molar-refractivity contribution in [2.45, 2.75) is 42.2 Å². The lowest BCUT2D eigenvalue weighted by Gasteiger charge is -2.35. The molecule has 1 atom stereocenters. The number of aryl methyl sites for hydroxylation is 1. The van der Waals surface area contributed by atoms with E-state index in [1.165, 1.54) is 25.1 Å². The van der Waals surface area contributed by atoms with Crippen LogP contribution < -0.4 is 5.32 Å². The normalized spacial score (nSPS) is 16.1. The molecule has 0 saturated carbocycles. The standard InChI is InChI=1S/C23H20F6N6O4S/c1-12(36)35-11-13-10-16(40(3,38)39)8-9-17(13)18(35)19(37)30-15-6-4-14(5-7-15)21(22(24,25)26,23(27,28)29)20-31-33-34(2)32-20/h4-10,18H,11H2,1-3H3,(H,30,37). The summed E-state index contributed by atoms with van der Waals surface area (Å²) in [5, 5.41) is 11.7. The number of hydrogen-bond donors (Lipinski definition) is 1. The number of halogens is 6. The van der Waals surface area contributed by atoms with E-state index < -0.39 is 56.8 Å². The predicted molar refractivity (Wildman–Crippen MR) is 125 cm³/mol. The first-order chi connectivity index (χ1) is 18.4. The van der Waals surface area contributed by atoms with E-state index in [-0.39, 0.29) is 17.1 Å². The van der Waals surface area contributed by atoms with Gasteiger partial charge in [-0.25, -0.2) is 8.42 Å². The smallest absolute Gasteiger partial charge is 0.324 e. The Kier molecular flexibility index (Phi) is 6.93. The molecule has 1 aliphatic rings. The van der Waals surface area contributed by atoms with Crippen LogP contribution in [0.5, 0.6) is 0 Å². The molecule has 0 radical (unpaired) electrons. The molecule has 2 amide bonds. The Labute approximate surface area is 222 Å². The third-order valence-corrected chi connectivity index (χ3v) is 7.53. The summed E-state index contributed by atoms with van der Waals surface area (Å²) in [6.45, 7) is 1.10. The van der Waals surface area contributed by atoms with Crippen LogP contribution in [0.15, 0.2) is 47.4 Å². The maximum atomic E-state index is 14.1. The quantitative estimate of drug-likeness (QED) is 0.453. The highest BCUT2D eigenvalue weighted by Gasteiger charge is 2.75. The number of nitrogens with zero attached hydrogens (tertiary/aromatic N) is 5. The molecule has 3 aromatic rings. The van der Waals surface area contributed by atoms with Gasteiger partial charge in [0, 0.05) is 25.4 Å². The molecule has 1 aliphatic heterocycles. The highest BCUT2D eigenvalue weighted by molar-refractivity contribution is 7.90. The SMILES string of the molecule is CC(=O)N1Cc2cc(S(C)(=O)=O)ccc2C1C(=O)Nc1ccc(C(c2nnn(C)n2)(C(F)(F)F)C(F)(F)F)cc1. The molecule has 2 aromatic carbocycles.